The Morgan fingerprint density at radius 2 is 1.42 bits per heavy atom. The summed E-state index contributed by atoms with van der Waals surface area (Å²) in [6.07, 6.45) is 0. The monoisotopic (exact) mass is 352 g/mol. The van der Waals surface area contributed by atoms with Gasteiger partial charge in [0.15, 0.2) is 5.11 Å². The van der Waals surface area contributed by atoms with E-state index in [9.17, 15) is 0 Å². The number of thiophene rings is 1. The van der Waals surface area contributed by atoms with Crippen LogP contribution in [-0.2, 0) is 19.6 Å². The quantitative estimate of drug-likeness (QED) is 0.640. The molecule has 122 valence electrons. The molecule has 0 unspecified atom stereocenters. The summed E-state index contributed by atoms with van der Waals surface area (Å²) in [5.74, 6) is 0. The van der Waals surface area contributed by atoms with E-state index in [4.69, 9.17) is 12.2 Å². The van der Waals surface area contributed by atoms with Gasteiger partial charge < -0.3 is 10.2 Å². The number of benzene rings is 2. The van der Waals surface area contributed by atoms with E-state index in [0.717, 1.165) is 24.7 Å². The van der Waals surface area contributed by atoms with Crippen molar-refractivity contribution in [2.45, 2.75) is 19.6 Å². The lowest BCUT2D eigenvalue weighted by Crippen LogP contribution is -2.38. The van der Waals surface area contributed by atoms with E-state index in [1.54, 1.807) is 11.3 Å². The molecule has 2 aromatic carbocycles. The lowest BCUT2D eigenvalue weighted by atomic mass is 10.2. The van der Waals surface area contributed by atoms with Crippen LogP contribution in [0.1, 0.15) is 16.0 Å². The first-order valence-corrected chi connectivity index (χ1v) is 9.23. The number of hydrogen-bond donors (Lipinski definition) is 1. The van der Waals surface area contributed by atoms with Crippen molar-refractivity contribution in [3.8, 4) is 0 Å². The Bertz CT molecular complexity index is 698. The third kappa shape index (κ3) is 4.91. The van der Waals surface area contributed by atoms with Crippen LogP contribution in [0, 0.1) is 0 Å². The molecule has 24 heavy (non-hydrogen) atoms. The largest absolute Gasteiger partial charge is 0.358 e. The molecule has 0 aliphatic heterocycles. The highest BCUT2D eigenvalue weighted by atomic mass is 32.1. The molecule has 4 heteroatoms. The summed E-state index contributed by atoms with van der Waals surface area (Å²) in [6, 6.07) is 25.1. The van der Waals surface area contributed by atoms with Gasteiger partial charge in [0.05, 0.1) is 6.54 Å². The third-order valence-electron chi connectivity index (χ3n) is 3.71. The Kier molecular flexibility index (Phi) is 5.99. The third-order valence-corrected chi connectivity index (χ3v) is 4.99. The van der Waals surface area contributed by atoms with E-state index >= 15 is 0 Å². The Morgan fingerprint density at radius 1 is 0.833 bits per heavy atom. The van der Waals surface area contributed by atoms with E-state index in [0.29, 0.717) is 0 Å². The van der Waals surface area contributed by atoms with Crippen molar-refractivity contribution in [1.82, 2.24) is 10.2 Å². The minimum atomic E-state index is 0.774. The van der Waals surface area contributed by atoms with Gasteiger partial charge in [-0.3, -0.25) is 0 Å². The molecule has 1 aromatic heterocycles. The highest BCUT2D eigenvalue weighted by molar-refractivity contribution is 7.80. The maximum Gasteiger partial charge on any atom is 0.169 e. The van der Waals surface area contributed by atoms with Crippen LogP contribution in [0.5, 0.6) is 0 Å². The van der Waals surface area contributed by atoms with Crippen molar-refractivity contribution in [3.63, 3.8) is 0 Å². The Hall–Kier alpha value is -2.17. The molecule has 3 rings (SSSR count). The smallest absolute Gasteiger partial charge is 0.169 e. The second-order valence-electron chi connectivity index (χ2n) is 5.57. The van der Waals surface area contributed by atoms with Gasteiger partial charge in [0.2, 0.25) is 0 Å². The van der Waals surface area contributed by atoms with Crippen molar-refractivity contribution in [3.05, 3.63) is 94.2 Å². The molecule has 3 aromatic rings. The molecule has 0 fully saturated rings. The summed E-state index contributed by atoms with van der Waals surface area (Å²) in [5.41, 5.74) is 2.52. The van der Waals surface area contributed by atoms with Gasteiger partial charge in [0, 0.05) is 18.0 Å². The average Bonchev–Trinajstić information content (AvgIpc) is 3.14. The minimum absolute atomic E-state index is 0.774. The summed E-state index contributed by atoms with van der Waals surface area (Å²) in [4.78, 5) is 3.50. The Balaban J connectivity index is 1.69. The fourth-order valence-electron chi connectivity index (χ4n) is 2.49. The van der Waals surface area contributed by atoms with Gasteiger partial charge in [-0.1, -0.05) is 66.7 Å². The molecular formula is C20H20N2S2. The van der Waals surface area contributed by atoms with Crippen molar-refractivity contribution in [2.75, 3.05) is 0 Å². The number of nitrogens with zero attached hydrogens (tertiary/aromatic N) is 1. The SMILES string of the molecule is S=C(NCc1cccs1)N(Cc1ccccc1)Cc1ccccc1. The van der Waals surface area contributed by atoms with Gasteiger partial charge in [-0.2, -0.15) is 0 Å². The number of thiocarbonyl (C=S) groups is 1. The molecule has 1 heterocycles. The summed E-state index contributed by atoms with van der Waals surface area (Å²) < 4.78 is 0. The predicted molar refractivity (Wildman–Crippen MR) is 106 cm³/mol. The molecule has 0 amide bonds. The van der Waals surface area contributed by atoms with Crippen molar-refractivity contribution in [2.24, 2.45) is 0 Å². The molecule has 0 aliphatic carbocycles. The van der Waals surface area contributed by atoms with Crippen LogP contribution in [0.25, 0.3) is 0 Å². The number of hydrogen-bond acceptors (Lipinski definition) is 2. The summed E-state index contributed by atoms with van der Waals surface area (Å²) in [5, 5.41) is 6.27. The van der Waals surface area contributed by atoms with E-state index in [-0.39, 0.29) is 0 Å². The standard InChI is InChI=1S/C20H20N2S2/c23-20(21-14-19-12-7-13-24-19)22(15-17-8-3-1-4-9-17)16-18-10-5-2-6-11-18/h1-13H,14-16H2,(H,21,23). The second kappa shape index (κ2) is 8.62. The highest BCUT2D eigenvalue weighted by Crippen LogP contribution is 2.12. The minimum Gasteiger partial charge on any atom is -0.358 e. The predicted octanol–water partition coefficient (Wildman–Crippen LogP) is 4.83. The van der Waals surface area contributed by atoms with Crippen LogP contribution in [0.15, 0.2) is 78.2 Å². The van der Waals surface area contributed by atoms with Crippen molar-refractivity contribution in [1.29, 1.82) is 0 Å². The van der Waals surface area contributed by atoms with E-state index in [1.807, 2.05) is 12.1 Å². The van der Waals surface area contributed by atoms with Gasteiger partial charge in [0.1, 0.15) is 0 Å². The van der Waals surface area contributed by atoms with E-state index in [2.05, 4.69) is 76.3 Å². The number of nitrogens with one attached hydrogen (secondary N) is 1. The van der Waals surface area contributed by atoms with E-state index < -0.39 is 0 Å². The molecule has 0 spiro atoms. The lowest BCUT2D eigenvalue weighted by molar-refractivity contribution is 0.399. The van der Waals surface area contributed by atoms with Crippen LogP contribution in [0.4, 0.5) is 0 Å². The van der Waals surface area contributed by atoms with Crippen LogP contribution < -0.4 is 5.32 Å². The van der Waals surface area contributed by atoms with E-state index in [1.165, 1.54) is 16.0 Å². The summed E-state index contributed by atoms with van der Waals surface area (Å²) >= 11 is 7.41. The topological polar surface area (TPSA) is 15.3 Å². The molecule has 0 radical (unpaired) electrons. The number of rotatable bonds is 6. The summed E-state index contributed by atoms with van der Waals surface area (Å²) in [7, 11) is 0. The zero-order valence-electron chi connectivity index (χ0n) is 13.4. The van der Waals surface area contributed by atoms with Gasteiger partial charge >= 0.3 is 0 Å². The fraction of sp³-hybridized carbons (Fsp3) is 0.150. The van der Waals surface area contributed by atoms with Crippen LogP contribution in [0.2, 0.25) is 0 Å². The van der Waals surface area contributed by atoms with Gasteiger partial charge in [-0.15, -0.1) is 11.3 Å². The first-order chi connectivity index (χ1) is 11.8. The molecule has 0 aliphatic rings. The normalized spacial score (nSPS) is 10.3. The zero-order chi connectivity index (χ0) is 16.6. The second-order valence-corrected chi connectivity index (χ2v) is 6.98. The van der Waals surface area contributed by atoms with Crippen LogP contribution in [-0.4, -0.2) is 10.0 Å². The maximum absolute atomic E-state index is 5.67. The molecule has 0 atom stereocenters. The zero-order valence-corrected chi connectivity index (χ0v) is 15.0. The van der Waals surface area contributed by atoms with Crippen molar-refractivity contribution >= 4 is 28.7 Å². The first kappa shape index (κ1) is 16.7. The highest BCUT2D eigenvalue weighted by Gasteiger charge is 2.11. The molecule has 2 nitrogen and oxygen atoms in total. The lowest BCUT2D eigenvalue weighted by Gasteiger charge is -2.26. The van der Waals surface area contributed by atoms with Crippen LogP contribution >= 0.6 is 23.6 Å². The van der Waals surface area contributed by atoms with Gasteiger partial charge in [-0.25, -0.2) is 0 Å². The Morgan fingerprint density at radius 3 is 1.92 bits per heavy atom. The van der Waals surface area contributed by atoms with Crippen LogP contribution in [0.3, 0.4) is 0 Å². The fourth-order valence-corrected chi connectivity index (χ4v) is 3.34. The molecule has 0 saturated heterocycles. The molecule has 0 bridgehead atoms. The maximum atomic E-state index is 5.67. The van der Waals surface area contributed by atoms with Gasteiger partial charge in [-0.05, 0) is 34.8 Å². The van der Waals surface area contributed by atoms with Gasteiger partial charge in [0.25, 0.3) is 0 Å². The first-order valence-electron chi connectivity index (χ1n) is 7.94. The molecule has 1 N–H and O–H groups in total. The Labute approximate surface area is 152 Å². The average molecular weight is 353 g/mol. The summed E-state index contributed by atoms with van der Waals surface area (Å²) in [6.45, 7) is 2.37. The van der Waals surface area contributed by atoms with Crippen molar-refractivity contribution < 1.29 is 0 Å². The molecule has 0 saturated carbocycles. The molecular weight excluding hydrogens is 332 g/mol.